The van der Waals surface area contributed by atoms with Gasteiger partial charge in [-0.2, -0.15) is 0 Å². The molecule has 2 nitrogen and oxygen atoms in total. The van der Waals surface area contributed by atoms with E-state index in [1.807, 2.05) is 25.7 Å². The van der Waals surface area contributed by atoms with Crippen LogP contribution in [-0.4, -0.2) is 26.0 Å². The van der Waals surface area contributed by atoms with Gasteiger partial charge in [-0.3, -0.25) is 0 Å². The first-order valence-corrected chi connectivity index (χ1v) is 6.78. The van der Waals surface area contributed by atoms with E-state index in [4.69, 9.17) is 4.74 Å². The molecule has 1 rings (SSSR count). The molecule has 1 N–H and O–H groups in total. The highest BCUT2D eigenvalue weighted by Gasteiger charge is 2.08. The van der Waals surface area contributed by atoms with Crippen LogP contribution in [-0.2, 0) is 4.74 Å². The lowest BCUT2D eigenvalue weighted by Gasteiger charge is -2.16. The van der Waals surface area contributed by atoms with Gasteiger partial charge in [-0.05, 0) is 37.4 Å². The molecule has 0 radical (unpaired) electrons. The van der Waals surface area contributed by atoms with Crippen LogP contribution in [0, 0.1) is 0 Å². The SMILES string of the molecule is CCOCC(NC)c1ccc(SCC)cc1. The quantitative estimate of drug-likeness (QED) is 0.739. The summed E-state index contributed by atoms with van der Waals surface area (Å²) in [4.78, 5) is 1.33. The summed E-state index contributed by atoms with van der Waals surface area (Å²) in [6.45, 7) is 5.69. The summed E-state index contributed by atoms with van der Waals surface area (Å²) in [7, 11) is 1.97. The Labute approximate surface area is 103 Å². The fourth-order valence-corrected chi connectivity index (χ4v) is 2.21. The Kier molecular flexibility index (Phi) is 6.53. The van der Waals surface area contributed by atoms with Gasteiger partial charge in [0.2, 0.25) is 0 Å². The molecule has 0 aliphatic rings. The molecule has 0 spiro atoms. The summed E-state index contributed by atoms with van der Waals surface area (Å²) in [5.74, 6) is 1.12. The maximum Gasteiger partial charge on any atom is 0.0661 e. The molecule has 90 valence electrons. The fraction of sp³-hybridized carbons (Fsp3) is 0.538. The van der Waals surface area contributed by atoms with Crippen LogP contribution in [0.4, 0.5) is 0 Å². The lowest BCUT2D eigenvalue weighted by Crippen LogP contribution is -2.21. The molecule has 0 fully saturated rings. The Balaban J connectivity index is 2.62. The molecule has 1 aromatic carbocycles. The molecule has 16 heavy (non-hydrogen) atoms. The van der Waals surface area contributed by atoms with E-state index >= 15 is 0 Å². The van der Waals surface area contributed by atoms with Gasteiger partial charge in [0.1, 0.15) is 0 Å². The van der Waals surface area contributed by atoms with Crippen molar-refractivity contribution in [3.63, 3.8) is 0 Å². The normalized spacial score (nSPS) is 12.7. The molecule has 1 aromatic rings. The van der Waals surface area contributed by atoms with Gasteiger partial charge in [-0.25, -0.2) is 0 Å². The zero-order chi connectivity index (χ0) is 11.8. The van der Waals surface area contributed by atoms with Crippen molar-refractivity contribution in [3.05, 3.63) is 29.8 Å². The molecule has 0 saturated heterocycles. The number of rotatable bonds is 7. The van der Waals surface area contributed by atoms with Crippen molar-refractivity contribution in [1.29, 1.82) is 0 Å². The molecule has 0 bridgehead atoms. The van der Waals surface area contributed by atoms with Crippen LogP contribution in [0.15, 0.2) is 29.2 Å². The molecule has 0 amide bonds. The number of thioether (sulfide) groups is 1. The smallest absolute Gasteiger partial charge is 0.0661 e. The van der Waals surface area contributed by atoms with E-state index in [9.17, 15) is 0 Å². The summed E-state index contributed by atoms with van der Waals surface area (Å²) >= 11 is 1.87. The molecule has 1 unspecified atom stereocenters. The van der Waals surface area contributed by atoms with E-state index < -0.39 is 0 Å². The number of hydrogen-bond acceptors (Lipinski definition) is 3. The van der Waals surface area contributed by atoms with Gasteiger partial charge in [-0.1, -0.05) is 19.1 Å². The Bertz CT molecular complexity index is 286. The van der Waals surface area contributed by atoms with Crippen molar-refractivity contribution in [1.82, 2.24) is 5.32 Å². The first-order chi connectivity index (χ1) is 7.81. The molecule has 0 saturated carbocycles. The third-order valence-electron chi connectivity index (χ3n) is 2.43. The summed E-state index contributed by atoms with van der Waals surface area (Å²) in [5.41, 5.74) is 1.29. The van der Waals surface area contributed by atoms with E-state index in [1.54, 1.807) is 0 Å². The number of nitrogens with one attached hydrogen (secondary N) is 1. The van der Waals surface area contributed by atoms with Crippen LogP contribution in [0.2, 0.25) is 0 Å². The molecular weight excluding hydrogens is 218 g/mol. The van der Waals surface area contributed by atoms with E-state index in [0.717, 1.165) is 19.0 Å². The minimum absolute atomic E-state index is 0.292. The molecule has 1 atom stereocenters. The second kappa shape index (κ2) is 7.71. The second-order valence-corrected chi connectivity index (χ2v) is 4.84. The van der Waals surface area contributed by atoms with Crippen LogP contribution in [0.3, 0.4) is 0 Å². The van der Waals surface area contributed by atoms with E-state index in [0.29, 0.717) is 6.04 Å². The predicted molar refractivity (Wildman–Crippen MR) is 71.1 cm³/mol. The lowest BCUT2D eigenvalue weighted by atomic mass is 10.1. The van der Waals surface area contributed by atoms with Crippen molar-refractivity contribution in [2.45, 2.75) is 24.8 Å². The average molecular weight is 239 g/mol. The third kappa shape index (κ3) is 4.16. The Morgan fingerprint density at radius 2 is 1.94 bits per heavy atom. The number of ether oxygens (including phenoxy) is 1. The molecule has 0 aromatic heterocycles. The molecule has 0 aliphatic heterocycles. The Hall–Kier alpha value is -0.510. The van der Waals surface area contributed by atoms with Crippen LogP contribution in [0.5, 0.6) is 0 Å². The lowest BCUT2D eigenvalue weighted by molar-refractivity contribution is 0.125. The topological polar surface area (TPSA) is 21.3 Å². The standard InChI is InChI=1S/C13H21NOS/c1-4-15-10-13(14-3)11-6-8-12(9-7-11)16-5-2/h6-9,13-14H,4-5,10H2,1-3H3. The zero-order valence-corrected chi connectivity index (χ0v) is 11.1. The minimum Gasteiger partial charge on any atom is -0.380 e. The first-order valence-electron chi connectivity index (χ1n) is 5.79. The van der Waals surface area contributed by atoms with Crippen molar-refractivity contribution in [2.24, 2.45) is 0 Å². The Morgan fingerprint density at radius 1 is 1.25 bits per heavy atom. The highest BCUT2D eigenvalue weighted by Crippen LogP contribution is 2.20. The Morgan fingerprint density at radius 3 is 2.44 bits per heavy atom. The van der Waals surface area contributed by atoms with Gasteiger partial charge in [0.25, 0.3) is 0 Å². The van der Waals surface area contributed by atoms with Crippen LogP contribution < -0.4 is 5.32 Å². The molecule has 0 heterocycles. The van der Waals surface area contributed by atoms with Crippen molar-refractivity contribution in [3.8, 4) is 0 Å². The summed E-state index contributed by atoms with van der Waals surface area (Å²) in [6.07, 6.45) is 0. The summed E-state index contributed by atoms with van der Waals surface area (Å²) in [5, 5.41) is 3.27. The second-order valence-electron chi connectivity index (χ2n) is 3.50. The van der Waals surface area contributed by atoms with E-state index in [-0.39, 0.29) is 0 Å². The van der Waals surface area contributed by atoms with Crippen molar-refractivity contribution < 1.29 is 4.74 Å². The highest BCUT2D eigenvalue weighted by molar-refractivity contribution is 7.99. The van der Waals surface area contributed by atoms with Gasteiger partial charge >= 0.3 is 0 Å². The van der Waals surface area contributed by atoms with Crippen molar-refractivity contribution in [2.75, 3.05) is 26.0 Å². The van der Waals surface area contributed by atoms with Crippen LogP contribution >= 0.6 is 11.8 Å². The zero-order valence-electron chi connectivity index (χ0n) is 10.3. The van der Waals surface area contributed by atoms with Gasteiger partial charge in [-0.15, -0.1) is 11.8 Å². The third-order valence-corrected chi connectivity index (χ3v) is 3.32. The average Bonchev–Trinajstić information content (AvgIpc) is 2.32. The predicted octanol–water partition coefficient (Wildman–Crippen LogP) is 3.10. The summed E-state index contributed by atoms with van der Waals surface area (Å²) in [6, 6.07) is 9.01. The number of benzene rings is 1. The maximum absolute atomic E-state index is 5.45. The number of hydrogen-bond donors (Lipinski definition) is 1. The van der Waals surface area contributed by atoms with E-state index in [2.05, 4.69) is 36.5 Å². The maximum atomic E-state index is 5.45. The van der Waals surface area contributed by atoms with Crippen LogP contribution in [0.25, 0.3) is 0 Å². The van der Waals surface area contributed by atoms with Gasteiger partial charge in [0.15, 0.2) is 0 Å². The molecule has 0 aliphatic carbocycles. The van der Waals surface area contributed by atoms with Crippen LogP contribution in [0.1, 0.15) is 25.5 Å². The molecular formula is C13H21NOS. The minimum atomic E-state index is 0.292. The number of likely N-dealkylation sites (N-methyl/N-ethyl adjacent to an activating group) is 1. The first kappa shape index (κ1) is 13.6. The highest BCUT2D eigenvalue weighted by atomic mass is 32.2. The largest absolute Gasteiger partial charge is 0.380 e. The van der Waals surface area contributed by atoms with Crippen molar-refractivity contribution >= 4 is 11.8 Å². The van der Waals surface area contributed by atoms with E-state index in [1.165, 1.54) is 10.5 Å². The van der Waals surface area contributed by atoms with Gasteiger partial charge in [0, 0.05) is 11.5 Å². The van der Waals surface area contributed by atoms with Gasteiger partial charge in [0.05, 0.1) is 12.6 Å². The summed E-state index contributed by atoms with van der Waals surface area (Å²) < 4.78 is 5.45. The molecule has 3 heteroatoms. The monoisotopic (exact) mass is 239 g/mol. The fourth-order valence-electron chi connectivity index (χ4n) is 1.54. The van der Waals surface area contributed by atoms with Gasteiger partial charge < -0.3 is 10.1 Å².